The molecule has 3 heterocycles. The van der Waals surface area contributed by atoms with Crippen LogP contribution in [0, 0.1) is 0 Å². The third kappa shape index (κ3) is 3.72. The van der Waals surface area contributed by atoms with Crippen molar-refractivity contribution in [2.45, 2.75) is 19.3 Å². The molecule has 7 nitrogen and oxygen atoms in total. The molecule has 3 aromatic rings. The predicted octanol–water partition coefficient (Wildman–Crippen LogP) is 2.45. The number of fused-ring (bicyclic) bond motifs is 1. The Labute approximate surface area is 152 Å². The third-order valence-corrected chi connectivity index (χ3v) is 4.69. The summed E-state index contributed by atoms with van der Waals surface area (Å²) in [5.41, 5.74) is 2.87. The molecule has 0 radical (unpaired) electrons. The van der Waals surface area contributed by atoms with Crippen molar-refractivity contribution in [3.05, 3.63) is 36.8 Å². The summed E-state index contributed by atoms with van der Waals surface area (Å²) < 4.78 is 1.77. The fourth-order valence-electron chi connectivity index (χ4n) is 3.32. The Balaban J connectivity index is 1.51. The van der Waals surface area contributed by atoms with E-state index in [1.54, 1.807) is 10.9 Å². The second kappa shape index (κ2) is 7.21. The first kappa shape index (κ1) is 16.7. The van der Waals surface area contributed by atoms with Crippen LogP contribution in [0.25, 0.3) is 22.0 Å². The molecule has 0 aliphatic carbocycles. The number of amides is 1. The molecule has 2 aromatic heterocycles. The lowest BCUT2D eigenvalue weighted by Crippen LogP contribution is -2.37. The summed E-state index contributed by atoms with van der Waals surface area (Å²) in [6.45, 7) is 2.37. The summed E-state index contributed by atoms with van der Waals surface area (Å²) in [6.07, 6.45) is 9.11. The predicted molar refractivity (Wildman–Crippen MR) is 101 cm³/mol. The van der Waals surface area contributed by atoms with E-state index in [1.165, 1.54) is 6.42 Å². The first-order valence-corrected chi connectivity index (χ1v) is 8.95. The molecule has 0 spiro atoms. The van der Waals surface area contributed by atoms with Gasteiger partial charge in [-0.3, -0.25) is 19.7 Å². The number of carbonyl (C=O) groups excluding carboxylic acids is 1. The van der Waals surface area contributed by atoms with E-state index in [4.69, 9.17) is 0 Å². The Hall–Kier alpha value is -2.80. The molecule has 1 fully saturated rings. The van der Waals surface area contributed by atoms with Gasteiger partial charge in [-0.2, -0.15) is 5.10 Å². The molecule has 1 aliphatic rings. The van der Waals surface area contributed by atoms with Crippen molar-refractivity contribution in [3.8, 4) is 11.1 Å². The maximum atomic E-state index is 12.3. The number of rotatable bonds is 4. The van der Waals surface area contributed by atoms with Gasteiger partial charge in [0.1, 0.15) is 0 Å². The van der Waals surface area contributed by atoms with Crippen LogP contribution in [0.1, 0.15) is 19.3 Å². The minimum absolute atomic E-state index is 0.0605. The number of carbonyl (C=O) groups is 1. The number of benzene rings is 1. The Morgan fingerprint density at radius 1 is 1.15 bits per heavy atom. The van der Waals surface area contributed by atoms with Gasteiger partial charge in [0.05, 0.1) is 18.3 Å². The zero-order valence-corrected chi connectivity index (χ0v) is 14.9. The maximum absolute atomic E-state index is 12.3. The van der Waals surface area contributed by atoms with Gasteiger partial charge in [-0.25, -0.2) is 9.97 Å². The smallest absolute Gasteiger partial charge is 0.240 e. The summed E-state index contributed by atoms with van der Waals surface area (Å²) in [7, 11) is 1.89. The van der Waals surface area contributed by atoms with E-state index < -0.39 is 0 Å². The zero-order valence-electron chi connectivity index (χ0n) is 14.9. The molecule has 0 atom stereocenters. The summed E-state index contributed by atoms with van der Waals surface area (Å²) in [4.78, 5) is 23.2. The molecule has 1 aliphatic heterocycles. The molecule has 1 aromatic carbocycles. The molecular formula is C19H22N6O. The van der Waals surface area contributed by atoms with Crippen molar-refractivity contribution in [2.75, 3.05) is 25.0 Å². The molecule has 1 saturated heterocycles. The topological polar surface area (TPSA) is 75.9 Å². The van der Waals surface area contributed by atoms with Crippen LogP contribution in [0.15, 0.2) is 36.8 Å². The van der Waals surface area contributed by atoms with E-state index in [9.17, 15) is 4.79 Å². The van der Waals surface area contributed by atoms with E-state index in [0.29, 0.717) is 12.5 Å². The van der Waals surface area contributed by atoms with Crippen LogP contribution in [-0.2, 0) is 11.8 Å². The fraction of sp³-hybridized carbons (Fsp3) is 0.368. The molecule has 0 saturated carbocycles. The Bertz CT molecular complexity index is 929. The van der Waals surface area contributed by atoms with Crippen molar-refractivity contribution < 1.29 is 4.79 Å². The second-order valence-electron chi connectivity index (χ2n) is 6.75. The quantitative estimate of drug-likeness (QED) is 0.782. The van der Waals surface area contributed by atoms with Gasteiger partial charge in [0.2, 0.25) is 11.9 Å². The van der Waals surface area contributed by atoms with E-state index >= 15 is 0 Å². The van der Waals surface area contributed by atoms with E-state index in [2.05, 4.69) is 25.3 Å². The lowest BCUT2D eigenvalue weighted by Gasteiger charge is -2.25. The molecule has 134 valence electrons. The van der Waals surface area contributed by atoms with Crippen LogP contribution in [0.4, 0.5) is 5.95 Å². The molecule has 0 bridgehead atoms. The van der Waals surface area contributed by atoms with Gasteiger partial charge in [-0.1, -0.05) is 18.6 Å². The largest absolute Gasteiger partial charge is 0.295 e. The van der Waals surface area contributed by atoms with Crippen molar-refractivity contribution >= 4 is 22.8 Å². The number of hydrogen-bond acceptors (Lipinski definition) is 5. The minimum Gasteiger partial charge on any atom is -0.295 e. The van der Waals surface area contributed by atoms with Crippen LogP contribution in [0.3, 0.4) is 0 Å². The van der Waals surface area contributed by atoms with Crippen LogP contribution in [0.5, 0.6) is 0 Å². The molecule has 4 rings (SSSR count). The summed E-state index contributed by atoms with van der Waals surface area (Å²) in [5.74, 6) is 0.289. The molecule has 0 unspecified atom stereocenters. The van der Waals surface area contributed by atoms with Gasteiger partial charge in [0.25, 0.3) is 0 Å². The van der Waals surface area contributed by atoms with E-state index in [1.807, 2.05) is 37.6 Å². The Morgan fingerprint density at radius 2 is 2.00 bits per heavy atom. The van der Waals surface area contributed by atoms with Crippen molar-refractivity contribution in [3.63, 3.8) is 0 Å². The zero-order chi connectivity index (χ0) is 17.9. The first-order chi connectivity index (χ1) is 12.7. The highest BCUT2D eigenvalue weighted by Gasteiger charge is 2.14. The lowest BCUT2D eigenvalue weighted by atomic mass is 10.1. The van der Waals surface area contributed by atoms with Crippen molar-refractivity contribution in [1.29, 1.82) is 0 Å². The van der Waals surface area contributed by atoms with Gasteiger partial charge in [0.15, 0.2) is 0 Å². The Morgan fingerprint density at radius 3 is 2.77 bits per heavy atom. The van der Waals surface area contributed by atoms with E-state index in [-0.39, 0.29) is 5.91 Å². The summed E-state index contributed by atoms with van der Waals surface area (Å²) in [5, 5.41) is 7.97. The van der Waals surface area contributed by atoms with Crippen LogP contribution in [-0.4, -0.2) is 50.2 Å². The molecule has 1 amide bonds. The summed E-state index contributed by atoms with van der Waals surface area (Å²) in [6, 6.07) is 6.00. The normalized spacial score (nSPS) is 15.3. The Kier molecular flexibility index (Phi) is 4.62. The third-order valence-electron chi connectivity index (χ3n) is 4.69. The fourth-order valence-corrected chi connectivity index (χ4v) is 3.32. The molecule has 26 heavy (non-hydrogen) atoms. The lowest BCUT2D eigenvalue weighted by molar-refractivity contribution is -0.117. The van der Waals surface area contributed by atoms with Gasteiger partial charge >= 0.3 is 0 Å². The van der Waals surface area contributed by atoms with Gasteiger partial charge in [0, 0.05) is 30.4 Å². The highest BCUT2D eigenvalue weighted by atomic mass is 16.2. The number of aromatic nitrogens is 4. The number of piperidine rings is 1. The SMILES string of the molecule is Cn1cc(-c2ccc3cnc(NC(=O)CN4CCCCC4)nc3c2)cn1. The number of anilines is 1. The number of nitrogens with zero attached hydrogens (tertiary/aromatic N) is 5. The minimum atomic E-state index is -0.0605. The van der Waals surface area contributed by atoms with Crippen molar-refractivity contribution in [2.24, 2.45) is 7.05 Å². The standard InChI is InChI=1S/C19H22N6O/c1-24-12-16(11-21-24)14-5-6-15-10-20-19(22-17(15)9-14)23-18(26)13-25-7-3-2-4-8-25/h5-6,9-12H,2-4,7-8,13H2,1H3,(H,20,22,23,26). The highest BCUT2D eigenvalue weighted by Crippen LogP contribution is 2.23. The molecular weight excluding hydrogens is 328 g/mol. The van der Waals surface area contributed by atoms with Gasteiger partial charge < -0.3 is 0 Å². The number of aryl methyl sites for hydroxylation is 1. The first-order valence-electron chi connectivity index (χ1n) is 8.95. The average molecular weight is 350 g/mol. The molecule has 7 heteroatoms. The number of hydrogen-bond donors (Lipinski definition) is 1. The van der Waals surface area contributed by atoms with Crippen molar-refractivity contribution in [1.82, 2.24) is 24.6 Å². The monoisotopic (exact) mass is 350 g/mol. The van der Waals surface area contributed by atoms with Crippen LogP contribution < -0.4 is 5.32 Å². The molecule has 1 N–H and O–H groups in total. The highest BCUT2D eigenvalue weighted by molar-refractivity contribution is 5.92. The summed E-state index contributed by atoms with van der Waals surface area (Å²) >= 11 is 0. The maximum Gasteiger partial charge on any atom is 0.240 e. The number of likely N-dealkylation sites (tertiary alicyclic amines) is 1. The van der Waals surface area contributed by atoms with Gasteiger partial charge in [-0.15, -0.1) is 0 Å². The van der Waals surface area contributed by atoms with Crippen LogP contribution in [0.2, 0.25) is 0 Å². The van der Waals surface area contributed by atoms with Crippen LogP contribution >= 0.6 is 0 Å². The average Bonchev–Trinajstić information content (AvgIpc) is 3.08. The number of nitrogens with one attached hydrogen (secondary N) is 1. The van der Waals surface area contributed by atoms with E-state index in [0.717, 1.165) is 48.0 Å². The second-order valence-corrected chi connectivity index (χ2v) is 6.75. The van der Waals surface area contributed by atoms with Gasteiger partial charge in [-0.05, 0) is 37.6 Å².